The van der Waals surface area contributed by atoms with E-state index in [1.165, 1.54) is 0 Å². The quantitative estimate of drug-likeness (QED) is 0.841. The molecular formula is C11H10BrCl2NO2. The van der Waals surface area contributed by atoms with E-state index in [0.29, 0.717) is 15.6 Å². The van der Waals surface area contributed by atoms with Crippen LogP contribution in [0.2, 0.25) is 10.0 Å². The Morgan fingerprint density at radius 2 is 2.18 bits per heavy atom. The third kappa shape index (κ3) is 3.76. The first-order chi connectivity index (χ1) is 8.06. The normalized spacial score (nSPS) is 14.5. The molecule has 1 amide bonds. The molecular weight excluding hydrogens is 329 g/mol. The monoisotopic (exact) mass is 337 g/mol. The van der Waals surface area contributed by atoms with Crippen molar-refractivity contribution < 1.29 is 9.53 Å². The largest absolute Gasteiger partial charge is 0.445 e. The van der Waals surface area contributed by atoms with E-state index >= 15 is 0 Å². The van der Waals surface area contributed by atoms with Crippen molar-refractivity contribution in [2.45, 2.75) is 25.5 Å². The Labute approximate surface area is 118 Å². The van der Waals surface area contributed by atoms with Gasteiger partial charge in [-0.25, -0.2) is 4.79 Å². The lowest BCUT2D eigenvalue weighted by Crippen LogP contribution is -2.26. The maximum atomic E-state index is 11.3. The van der Waals surface area contributed by atoms with Crippen molar-refractivity contribution >= 4 is 45.2 Å². The Balaban J connectivity index is 1.95. The van der Waals surface area contributed by atoms with E-state index in [2.05, 4.69) is 21.2 Å². The van der Waals surface area contributed by atoms with Gasteiger partial charge in [0.2, 0.25) is 0 Å². The molecule has 0 aromatic heterocycles. The molecule has 92 valence electrons. The summed E-state index contributed by atoms with van der Waals surface area (Å²) in [5, 5.41) is 3.57. The fourth-order valence-electron chi connectivity index (χ4n) is 1.29. The van der Waals surface area contributed by atoms with Crippen LogP contribution in [0, 0.1) is 0 Å². The molecule has 0 spiro atoms. The van der Waals surface area contributed by atoms with Gasteiger partial charge in [-0.2, -0.15) is 0 Å². The van der Waals surface area contributed by atoms with Gasteiger partial charge in [0.25, 0.3) is 0 Å². The molecule has 0 saturated heterocycles. The van der Waals surface area contributed by atoms with Gasteiger partial charge >= 0.3 is 6.09 Å². The average Bonchev–Trinajstić information content (AvgIpc) is 3.05. The van der Waals surface area contributed by atoms with Gasteiger partial charge in [0.1, 0.15) is 6.61 Å². The molecule has 1 aliphatic carbocycles. The van der Waals surface area contributed by atoms with Crippen molar-refractivity contribution in [2.75, 3.05) is 0 Å². The number of ether oxygens (including phenoxy) is 1. The summed E-state index contributed by atoms with van der Waals surface area (Å²) in [4.78, 5) is 11.3. The first kappa shape index (κ1) is 13.0. The van der Waals surface area contributed by atoms with Gasteiger partial charge in [-0.1, -0.05) is 39.1 Å². The topological polar surface area (TPSA) is 38.3 Å². The van der Waals surface area contributed by atoms with Gasteiger partial charge in [-0.05, 0) is 25.0 Å². The van der Waals surface area contributed by atoms with Crippen LogP contribution in [0.1, 0.15) is 18.4 Å². The van der Waals surface area contributed by atoms with Crippen LogP contribution in [0.5, 0.6) is 0 Å². The number of hydrogen-bond donors (Lipinski definition) is 1. The molecule has 0 heterocycles. The zero-order chi connectivity index (χ0) is 12.4. The predicted octanol–water partition coefficient (Wildman–Crippen LogP) is 4.14. The molecule has 0 bridgehead atoms. The Morgan fingerprint density at radius 3 is 2.82 bits per heavy atom. The molecule has 1 aromatic rings. The lowest BCUT2D eigenvalue weighted by molar-refractivity contribution is 0.139. The highest BCUT2D eigenvalue weighted by atomic mass is 79.9. The maximum Gasteiger partial charge on any atom is 0.407 e. The van der Waals surface area contributed by atoms with Gasteiger partial charge in [0, 0.05) is 16.1 Å². The number of halogens is 3. The first-order valence-electron chi connectivity index (χ1n) is 5.13. The fourth-order valence-corrected chi connectivity index (χ4v) is 2.33. The fraction of sp³-hybridized carbons (Fsp3) is 0.364. The van der Waals surface area contributed by atoms with Gasteiger partial charge < -0.3 is 10.1 Å². The molecule has 3 nitrogen and oxygen atoms in total. The Morgan fingerprint density at radius 1 is 1.47 bits per heavy atom. The van der Waals surface area contributed by atoms with Crippen LogP contribution >= 0.6 is 39.1 Å². The summed E-state index contributed by atoms with van der Waals surface area (Å²) in [6.07, 6.45) is 1.64. The SMILES string of the molecule is O=C(NC1CC1)OCc1cc(Br)cc(Cl)c1Cl. The van der Waals surface area contributed by atoms with Crippen LogP contribution in [0.25, 0.3) is 0 Å². The van der Waals surface area contributed by atoms with Crippen molar-refractivity contribution in [3.05, 3.63) is 32.2 Å². The van der Waals surface area contributed by atoms with Crippen LogP contribution in [-0.4, -0.2) is 12.1 Å². The second kappa shape index (κ2) is 5.46. The van der Waals surface area contributed by atoms with Gasteiger partial charge in [0.15, 0.2) is 0 Å². The second-order valence-corrected chi connectivity index (χ2v) is 5.56. The van der Waals surface area contributed by atoms with E-state index in [1.807, 2.05) is 0 Å². The van der Waals surface area contributed by atoms with Crippen molar-refractivity contribution in [3.63, 3.8) is 0 Å². The molecule has 1 saturated carbocycles. The molecule has 1 aromatic carbocycles. The molecule has 1 aliphatic rings. The molecule has 6 heteroatoms. The summed E-state index contributed by atoms with van der Waals surface area (Å²) in [5.74, 6) is 0. The van der Waals surface area contributed by atoms with Crippen LogP contribution < -0.4 is 5.32 Å². The molecule has 0 radical (unpaired) electrons. The number of benzene rings is 1. The second-order valence-electron chi connectivity index (χ2n) is 3.86. The van der Waals surface area contributed by atoms with Crippen LogP contribution in [-0.2, 0) is 11.3 Å². The minimum absolute atomic E-state index is 0.108. The summed E-state index contributed by atoms with van der Waals surface area (Å²) < 4.78 is 5.85. The van der Waals surface area contributed by atoms with Crippen LogP contribution in [0.15, 0.2) is 16.6 Å². The molecule has 1 N–H and O–H groups in total. The van der Waals surface area contributed by atoms with E-state index < -0.39 is 6.09 Å². The Bertz CT molecular complexity index is 449. The number of carbonyl (C=O) groups is 1. The Hall–Kier alpha value is -0.450. The number of alkyl carbamates (subject to hydrolysis) is 1. The summed E-state index contributed by atoms with van der Waals surface area (Å²) in [7, 11) is 0. The van der Waals surface area contributed by atoms with Crippen molar-refractivity contribution in [2.24, 2.45) is 0 Å². The van der Waals surface area contributed by atoms with Gasteiger partial charge in [-0.15, -0.1) is 0 Å². The lowest BCUT2D eigenvalue weighted by atomic mass is 10.2. The van der Waals surface area contributed by atoms with E-state index in [4.69, 9.17) is 27.9 Å². The number of carbonyl (C=O) groups excluding carboxylic acids is 1. The number of nitrogens with one attached hydrogen (secondary N) is 1. The molecule has 0 unspecified atom stereocenters. The van der Waals surface area contributed by atoms with Crippen LogP contribution in [0.3, 0.4) is 0 Å². The minimum atomic E-state index is -0.417. The van der Waals surface area contributed by atoms with Crippen molar-refractivity contribution in [1.29, 1.82) is 0 Å². The Kier molecular flexibility index (Phi) is 4.17. The number of amides is 1. The molecule has 0 aliphatic heterocycles. The standard InChI is InChI=1S/C11H10BrCl2NO2/c12-7-3-6(10(14)9(13)4-7)5-17-11(16)15-8-1-2-8/h3-4,8H,1-2,5H2,(H,15,16). The van der Waals surface area contributed by atoms with Gasteiger partial charge in [-0.3, -0.25) is 0 Å². The number of rotatable bonds is 3. The molecule has 1 fully saturated rings. The zero-order valence-corrected chi connectivity index (χ0v) is 11.9. The highest BCUT2D eigenvalue weighted by Crippen LogP contribution is 2.30. The maximum absolute atomic E-state index is 11.3. The van der Waals surface area contributed by atoms with E-state index in [-0.39, 0.29) is 12.6 Å². The highest BCUT2D eigenvalue weighted by molar-refractivity contribution is 9.10. The number of hydrogen-bond acceptors (Lipinski definition) is 2. The summed E-state index contributed by atoms with van der Waals surface area (Å²) in [6.45, 7) is 0.108. The smallest absolute Gasteiger partial charge is 0.407 e. The average molecular weight is 339 g/mol. The molecule has 0 atom stereocenters. The third-order valence-corrected chi connectivity index (χ3v) is 3.63. The third-order valence-electron chi connectivity index (χ3n) is 2.33. The summed E-state index contributed by atoms with van der Waals surface area (Å²) >= 11 is 15.2. The minimum Gasteiger partial charge on any atom is -0.445 e. The van der Waals surface area contributed by atoms with E-state index in [9.17, 15) is 4.79 Å². The molecule has 2 rings (SSSR count). The summed E-state index contributed by atoms with van der Waals surface area (Å²) in [5.41, 5.74) is 0.678. The zero-order valence-electron chi connectivity index (χ0n) is 8.80. The lowest BCUT2D eigenvalue weighted by Gasteiger charge is -2.09. The molecule has 17 heavy (non-hydrogen) atoms. The van der Waals surface area contributed by atoms with Gasteiger partial charge in [0.05, 0.1) is 10.0 Å². The summed E-state index contributed by atoms with van der Waals surface area (Å²) in [6, 6.07) is 3.75. The first-order valence-corrected chi connectivity index (χ1v) is 6.68. The van der Waals surface area contributed by atoms with Crippen LogP contribution in [0.4, 0.5) is 4.79 Å². The highest BCUT2D eigenvalue weighted by Gasteiger charge is 2.24. The van der Waals surface area contributed by atoms with Crippen molar-refractivity contribution in [1.82, 2.24) is 5.32 Å². The predicted molar refractivity (Wildman–Crippen MR) is 70.5 cm³/mol. The van der Waals surface area contributed by atoms with E-state index in [1.54, 1.807) is 12.1 Å². The van der Waals surface area contributed by atoms with E-state index in [0.717, 1.165) is 17.3 Å². The van der Waals surface area contributed by atoms with Crippen molar-refractivity contribution in [3.8, 4) is 0 Å².